The van der Waals surface area contributed by atoms with E-state index in [1.165, 1.54) is 0 Å². The van der Waals surface area contributed by atoms with Crippen molar-refractivity contribution in [2.45, 2.75) is 52.0 Å². The van der Waals surface area contributed by atoms with E-state index in [0.29, 0.717) is 39.8 Å². The van der Waals surface area contributed by atoms with Crippen molar-refractivity contribution in [2.24, 2.45) is 0 Å². The fraction of sp³-hybridized carbons (Fsp3) is 0.889. The summed E-state index contributed by atoms with van der Waals surface area (Å²) in [6.45, 7) is 8.74. The van der Waals surface area contributed by atoms with Crippen molar-refractivity contribution in [3.63, 3.8) is 0 Å². The van der Waals surface area contributed by atoms with Crippen LogP contribution in [0.3, 0.4) is 0 Å². The van der Waals surface area contributed by atoms with Gasteiger partial charge in [0.25, 0.3) is 0 Å². The molecule has 28 heavy (non-hydrogen) atoms. The maximum Gasteiger partial charge on any atom is 0.408 e. The molecule has 0 aliphatic carbocycles. The highest BCUT2D eigenvalue weighted by atomic mass is 16.6. The van der Waals surface area contributed by atoms with Crippen LogP contribution in [0.4, 0.5) is 9.59 Å². The Bertz CT molecular complexity index is 427. The first kappa shape index (κ1) is 22.7. The quantitative estimate of drug-likeness (QED) is 0.498. The normalized spacial score (nSPS) is 19.9. The molecule has 0 bridgehead atoms. The molecule has 0 spiro atoms. The molecule has 2 aliphatic rings. The topological polar surface area (TPSA) is 102 Å². The van der Waals surface area contributed by atoms with E-state index in [1.807, 2.05) is 23.6 Å². The van der Waals surface area contributed by atoms with Gasteiger partial charge in [-0.3, -0.25) is 0 Å². The van der Waals surface area contributed by atoms with Gasteiger partial charge in [0, 0.05) is 26.2 Å². The molecule has 2 atom stereocenters. The second kappa shape index (κ2) is 12.8. The van der Waals surface area contributed by atoms with Crippen molar-refractivity contribution in [2.75, 3.05) is 52.9 Å². The van der Waals surface area contributed by atoms with Crippen LogP contribution in [-0.2, 0) is 18.9 Å². The van der Waals surface area contributed by atoms with E-state index < -0.39 is 12.2 Å². The highest BCUT2D eigenvalue weighted by molar-refractivity contribution is 5.67. The minimum absolute atomic E-state index is 0.283. The summed E-state index contributed by atoms with van der Waals surface area (Å²) in [7, 11) is 0. The van der Waals surface area contributed by atoms with Gasteiger partial charge in [0.05, 0.1) is 13.2 Å². The summed E-state index contributed by atoms with van der Waals surface area (Å²) < 4.78 is 21.1. The van der Waals surface area contributed by atoms with Gasteiger partial charge in [0.2, 0.25) is 0 Å². The minimum Gasteiger partial charge on any atom is -0.430 e. The van der Waals surface area contributed by atoms with E-state index >= 15 is 0 Å². The molecule has 2 saturated heterocycles. The van der Waals surface area contributed by atoms with Gasteiger partial charge in [-0.2, -0.15) is 0 Å². The van der Waals surface area contributed by atoms with Crippen LogP contribution in [0.1, 0.15) is 39.5 Å². The second-order valence-electron chi connectivity index (χ2n) is 6.98. The molecule has 0 aromatic heterocycles. The number of alkyl carbamates (subject to hydrolysis) is 2. The Morgan fingerprint density at radius 1 is 0.821 bits per heavy atom. The molecule has 162 valence electrons. The van der Waals surface area contributed by atoms with Crippen LogP contribution in [0.2, 0.25) is 0 Å². The fourth-order valence-electron chi connectivity index (χ4n) is 2.96. The van der Waals surface area contributed by atoms with Crippen molar-refractivity contribution in [3.8, 4) is 0 Å². The summed E-state index contributed by atoms with van der Waals surface area (Å²) >= 11 is 0. The van der Waals surface area contributed by atoms with Gasteiger partial charge in [0.15, 0.2) is 12.5 Å². The van der Waals surface area contributed by atoms with Gasteiger partial charge >= 0.3 is 12.2 Å². The molecule has 2 heterocycles. The average molecular weight is 402 g/mol. The van der Waals surface area contributed by atoms with Crippen LogP contribution in [0.25, 0.3) is 0 Å². The lowest BCUT2D eigenvalue weighted by Gasteiger charge is -2.22. The lowest BCUT2D eigenvalue weighted by atomic mass is 10.2. The first-order valence-corrected chi connectivity index (χ1v) is 10.1. The van der Waals surface area contributed by atoms with Gasteiger partial charge in [-0.15, -0.1) is 0 Å². The standard InChI is InChI=1S/C18H34N4O6/c1-15(21-9-11-25-13-21)27-17(23)19-7-5-3-4-6-8-20-18(24)28-16(2)22-10-12-26-14-22/h15-16H,3-14H2,1-2H3,(H,19,23)(H,20,24). The lowest BCUT2D eigenvalue weighted by molar-refractivity contribution is -0.0114. The zero-order valence-corrected chi connectivity index (χ0v) is 17.0. The Kier molecular flexibility index (Phi) is 10.3. The second-order valence-corrected chi connectivity index (χ2v) is 6.98. The predicted molar refractivity (Wildman–Crippen MR) is 101 cm³/mol. The molecule has 0 aromatic rings. The van der Waals surface area contributed by atoms with E-state index in [0.717, 1.165) is 38.8 Å². The molecule has 2 unspecified atom stereocenters. The number of nitrogens with one attached hydrogen (secondary N) is 2. The van der Waals surface area contributed by atoms with Crippen LogP contribution >= 0.6 is 0 Å². The number of unbranched alkanes of at least 4 members (excludes halogenated alkanes) is 3. The lowest BCUT2D eigenvalue weighted by Crippen LogP contribution is -2.38. The summed E-state index contributed by atoms with van der Waals surface area (Å²) in [6, 6.07) is 0. The molecule has 2 fully saturated rings. The van der Waals surface area contributed by atoms with E-state index in [1.54, 1.807) is 0 Å². The first-order chi connectivity index (χ1) is 13.6. The van der Waals surface area contributed by atoms with Crippen molar-refractivity contribution < 1.29 is 28.5 Å². The molecule has 2 rings (SSSR count). The summed E-state index contributed by atoms with van der Waals surface area (Å²) in [6.07, 6.45) is 2.30. The molecular weight excluding hydrogens is 368 g/mol. The van der Waals surface area contributed by atoms with E-state index in [2.05, 4.69) is 10.6 Å². The molecule has 2 amide bonds. The Morgan fingerprint density at radius 3 is 1.61 bits per heavy atom. The number of carbonyl (C=O) groups excluding carboxylic acids is 2. The third-order valence-electron chi connectivity index (χ3n) is 4.79. The molecule has 10 heteroatoms. The van der Waals surface area contributed by atoms with E-state index in [9.17, 15) is 9.59 Å². The number of hydrogen-bond acceptors (Lipinski definition) is 8. The van der Waals surface area contributed by atoms with E-state index in [-0.39, 0.29) is 12.5 Å². The van der Waals surface area contributed by atoms with Crippen molar-refractivity contribution in [1.82, 2.24) is 20.4 Å². The summed E-state index contributed by atoms with van der Waals surface area (Å²) in [4.78, 5) is 27.4. The summed E-state index contributed by atoms with van der Waals surface area (Å²) in [5, 5.41) is 5.52. The highest BCUT2D eigenvalue weighted by Crippen LogP contribution is 2.08. The number of hydrogen-bond donors (Lipinski definition) is 2. The van der Waals surface area contributed by atoms with Crippen LogP contribution < -0.4 is 10.6 Å². The maximum absolute atomic E-state index is 11.7. The number of rotatable bonds is 11. The minimum atomic E-state index is -0.402. The molecule has 0 radical (unpaired) electrons. The molecule has 0 saturated carbocycles. The third-order valence-corrected chi connectivity index (χ3v) is 4.79. The van der Waals surface area contributed by atoms with Crippen LogP contribution in [-0.4, -0.2) is 87.3 Å². The zero-order valence-electron chi connectivity index (χ0n) is 17.0. The summed E-state index contributed by atoms with van der Waals surface area (Å²) in [5.74, 6) is 0. The highest BCUT2D eigenvalue weighted by Gasteiger charge is 2.22. The average Bonchev–Trinajstić information content (AvgIpc) is 3.37. The Labute approximate surface area is 166 Å². The predicted octanol–water partition coefficient (Wildman–Crippen LogP) is 1.27. The molecular formula is C18H34N4O6. The SMILES string of the molecule is CC(OC(=O)NCCCCCCNC(=O)OC(C)N1CCOC1)N1CCOC1. The first-order valence-electron chi connectivity index (χ1n) is 10.1. The van der Waals surface area contributed by atoms with E-state index in [4.69, 9.17) is 18.9 Å². The van der Waals surface area contributed by atoms with Gasteiger partial charge < -0.3 is 29.6 Å². The fourth-order valence-corrected chi connectivity index (χ4v) is 2.96. The van der Waals surface area contributed by atoms with Crippen LogP contribution in [0, 0.1) is 0 Å². The Morgan fingerprint density at radius 2 is 1.25 bits per heavy atom. The van der Waals surface area contributed by atoms with Crippen LogP contribution in [0.5, 0.6) is 0 Å². The molecule has 0 aromatic carbocycles. The Balaban J connectivity index is 1.38. The molecule has 2 aliphatic heterocycles. The van der Waals surface area contributed by atoms with Gasteiger partial charge in [-0.25, -0.2) is 19.4 Å². The maximum atomic E-state index is 11.7. The van der Waals surface area contributed by atoms with Crippen molar-refractivity contribution in [1.29, 1.82) is 0 Å². The van der Waals surface area contributed by atoms with Crippen molar-refractivity contribution in [3.05, 3.63) is 0 Å². The van der Waals surface area contributed by atoms with Crippen molar-refractivity contribution >= 4 is 12.2 Å². The Hall–Kier alpha value is -1.62. The number of ether oxygens (including phenoxy) is 4. The number of carbonyl (C=O) groups is 2. The smallest absolute Gasteiger partial charge is 0.408 e. The zero-order chi connectivity index (χ0) is 20.2. The third kappa shape index (κ3) is 8.59. The van der Waals surface area contributed by atoms with Gasteiger partial charge in [0.1, 0.15) is 13.5 Å². The van der Waals surface area contributed by atoms with Crippen LogP contribution in [0.15, 0.2) is 0 Å². The molecule has 2 N–H and O–H groups in total. The number of nitrogens with zero attached hydrogens (tertiary/aromatic N) is 2. The van der Waals surface area contributed by atoms with Gasteiger partial charge in [-0.05, 0) is 26.7 Å². The largest absolute Gasteiger partial charge is 0.430 e. The number of amides is 2. The monoisotopic (exact) mass is 402 g/mol. The molecule has 10 nitrogen and oxygen atoms in total. The van der Waals surface area contributed by atoms with Gasteiger partial charge in [-0.1, -0.05) is 12.8 Å². The summed E-state index contributed by atoms with van der Waals surface area (Å²) in [5.41, 5.74) is 0.